The van der Waals surface area contributed by atoms with Crippen LogP contribution >= 0.6 is 11.3 Å². The van der Waals surface area contributed by atoms with Crippen molar-refractivity contribution in [2.75, 3.05) is 0 Å². The number of nitrogens with zero attached hydrogens (tertiary/aromatic N) is 5. The fourth-order valence-corrected chi connectivity index (χ4v) is 3.63. The lowest BCUT2D eigenvalue weighted by Crippen LogP contribution is -2.15. The molecule has 0 unspecified atom stereocenters. The van der Waals surface area contributed by atoms with Crippen molar-refractivity contribution in [1.29, 1.82) is 5.26 Å². The van der Waals surface area contributed by atoms with Crippen LogP contribution in [0.25, 0.3) is 33.3 Å². The van der Waals surface area contributed by atoms with Gasteiger partial charge in [-0.05, 0) is 49.9 Å². The molecular weight excluding hydrogens is 370 g/mol. The van der Waals surface area contributed by atoms with E-state index in [0.717, 1.165) is 21.7 Å². The first-order valence-corrected chi connectivity index (χ1v) is 9.57. The maximum Gasteiger partial charge on any atom is 0.187 e. The van der Waals surface area contributed by atoms with Crippen molar-refractivity contribution in [3.63, 3.8) is 0 Å². The predicted molar refractivity (Wildman–Crippen MR) is 107 cm³/mol. The van der Waals surface area contributed by atoms with Crippen LogP contribution in [0, 0.1) is 18.3 Å². The Morgan fingerprint density at radius 1 is 1.11 bits per heavy atom. The Balaban J connectivity index is 1.70. The van der Waals surface area contributed by atoms with E-state index in [4.69, 9.17) is 4.52 Å². The van der Waals surface area contributed by atoms with Crippen molar-refractivity contribution in [1.82, 2.24) is 20.1 Å². The molecule has 4 heterocycles. The molecule has 6 nitrogen and oxygen atoms in total. The molecule has 0 saturated carbocycles. The number of aromatic nitrogens is 4. The van der Waals surface area contributed by atoms with Crippen molar-refractivity contribution >= 4 is 11.3 Å². The van der Waals surface area contributed by atoms with Gasteiger partial charge in [-0.3, -0.25) is 9.97 Å². The quantitative estimate of drug-likeness (QED) is 0.488. The first-order chi connectivity index (χ1) is 13.5. The summed E-state index contributed by atoms with van der Waals surface area (Å²) in [7, 11) is 0. The third-order valence-electron chi connectivity index (χ3n) is 4.47. The zero-order valence-electron chi connectivity index (χ0n) is 15.7. The lowest BCUT2D eigenvalue weighted by atomic mass is 9.90. The number of pyridine rings is 1. The third-order valence-corrected chi connectivity index (χ3v) is 5.51. The molecular formula is C21H17N5OS. The largest absolute Gasteiger partial charge is 0.354 e. The Kier molecular flexibility index (Phi) is 4.49. The molecule has 0 spiro atoms. The molecule has 7 heteroatoms. The molecule has 4 rings (SSSR count). The average molecular weight is 387 g/mol. The lowest BCUT2D eigenvalue weighted by molar-refractivity contribution is 0.433. The van der Waals surface area contributed by atoms with Crippen LogP contribution in [0.5, 0.6) is 0 Å². The SMILES string of the molecule is Cc1ccsc1-c1cc(-c2cncc(-c3ccnc(C(C)(C)C#N)c3)n2)on1. The van der Waals surface area contributed by atoms with Crippen LogP contribution in [-0.4, -0.2) is 20.1 Å². The van der Waals surface area contributed by atoms with E-state index < -0.39 is 5.41 Å². The summed E-state index contributed by atoms with van der Waals surface area (Å²) in [6, 6.07) is 9.93. The number of hydrogen-bond acceptors (Lipinski definition) is 7. The first-order valence-electron chi connectivity index (χ1n) is 8.70. The number of nitriles is 1. The molecule has 4 aromatic rings. The van der Waals surface area contributed by atoms with Gasteiger partial charge in [-0.1, -0.05) is 5.16 Å². The number of thiophene rings is 1. The smallest absolute Gasteiger partial charge is 0.187 e. The van der Waals surface area contributed by atoms with Crippen molar-refractivity contribution in [2.45, 2.75) is 26.2 Å². The summed E-state index contributed by atoms with van der Waals surface area (Å²) in [6.07, 6.45) is 5.02. The molecule has 0 atom stereocenters. The van der Waals surface area contributed by atoms with E-state index in [0.29, 0.717) is 22.8 Å². The number of rotatable bonds is 4. The number of aryl methyl sites for hydroxylation is 1. The summed E-state index contributed by atoms with van der Waals surface area (Å²) in [5, 5.41) is 15.6. The minimum Gasteiger partial charge on any atom is -0.354 e. The lowest BCUT2D eigenvalue weighted by Gasteiger charge is -2.15. The molecule has 4 aromatic heterocycles. The van der Waals surface area contributed by atoms with Crippen LogP contribution in [0.15, 0.2) is 52.8 Å². The van der Waals surface area contributed by atoms with E-state index >= 15 is 0 Å². The van der Waals surface area contributed by atoms with Crippen LogP contribution in [0.4, 0.5) is 0 Å². The van der Waals surface area contributed by atoms with Crippen LogP contribution in [0.1, 0.15) is 25.1 Å². The van der Waals surface area contributed by atoms with Gasteiger partial charge in [0.25, 0.3) is 0 Å². The van der Waals surface area contributed by atoms with Crippen molar-refractivity contribution in [3.8, 4) is 39.4 Å². The highest BCUT2D eigenvalue weighted by Gasteiger charge is 2.22. The number of hydrogen-bond donors (Lipinski definition) is 0. The Morgan fingerprint density at radius 3 is 2.68 bits per heavy atom. The minimum absolute atomic E-state index is 0.559. The van der Waals surface area contributed by atoms with E-state index in [1.807, 2.05) is 44.4 Å². The molecule has 0 aromatic carbocycles. The van der Waals surface area contributed by atoms with E-state index in [2.05, 4.69) is 32.2 Å². The molecule has 0 fully saturated rings. The van der Waals surface area contributed by atoms with Crippen LogP contribution in [0.3, 0.4) is 0 Å². The van der Waals surface area contributed by atoms with Crippen molar-refractivity contribution < 1.29 is 4.52 Å². The van der Waals surface area contributed by atoms with E-state index in [9.17, 15) is 5.26 Å². The van der Waals surface area contributed by atoms with E-state index in [1.54, 1.807) is 29.9 Å². The van der Waals surface area contributed by atoms with Crippen molar-refractivity contribution in [2.24, 2.45) is 0 Å². The summed E-state index contributed by atoms with van der Waals surface area (Å²) in [4.78, 5) is 14.4. The zero-order valence-corrected chi connectivity index (χ0v) is 16.5. The van der Waals surface area contributed by atoms with Crippen LogP contribution in [0.2, 0.25) is 0 Å². The van der Waals surface area contributed by atoms with E-state index in [1.165, 1.54) is 0 Å². The van der Waals surface area contributed by atoms with Gasteiger partial charge in [-0.15, -0.1) is 11.3 Å². The van der Waals surface area contributed by atoms with Gasteiger partial charge in [0.15, 0.2) is 5.76 Å². The minimum atomic E-state index is -0.681. The standard InChI is InChI=1S/C21H17N5OS/c1-13-5-7-28-20(13)15-9-18(27-26-15)17-11-23-10-16(25-17)14-4-6-24-19(8-14)21(2,3)12-22/h4-11H,1-3H3. The Labute approximate surface area is 166 Å². The highest BCUT2D eigenvalue weighted by molar-refractivity contribution is 7.13. The normalized spacial score (nSPS) is 11.4. The Morgan fingerprint density at radius 2 is 1.93 bits per heavy atom. The van der Waals surface area contributed by atoms with E-state index in [-0.39, 0.29) is 0 Å². The van der Waals surface area contributed by atoms with Gasteiger partial charge in [-0.2, -0.15) is 5.26 Å². The second kappa shape index (κ2) is 6.98. The fraction of sp³-hybridized carbons (Fsp3) is 0.190. The molecule has 0 aliphatic heterocycles. The first kappa shape index (κ1) is 18.0. The topological polar surface area (TPSA) is 88.5 Å². The monoisotopic (exact) mass is 387 g/mol. The molecule has 0 amide bonds. The highest BCUT2D eigenvalue weighted by Crippen LogP contribution is 2.31. The van der Waals surface area contributed by atoms with Gasteiger partial charge in [0.05, 0.1) is 40.1 Å². The second-order valence-electron chi connectivity index (χ2n) is 6.97. The maximum atomic E-state index is 9.37. The summed E-state index contributed by atoms with van der Waals surface area (Å²) in [5.74, 6) is 0.559. The van der Waals surface area contributed by atoms with Gasteiger partial charge in [0.2, 0.25) is 0 Å². The summed E-state index contributed by atoms with van der Waals surface area (Å²) < 4.78 is 5.51. The Bertz CT molecular complexity index is 1190. The van der Waals surface area contributed by atoms with Crippen LogP contribution in [-0.2, 0) is 5.41 Å². The Hall–Kier alpha value is -3.37. The zero-order chi connectivity index (χ0) is 19.7. The predicted octanol–water partition coefficient (Wildman–Crippen LogP) is 5.03. The molecule has 0 radical (unpaired) electrons. The summed E-state index contributed by atoms with van der Waals surface area (Å²) in [6.45, 7) is 5.72. The molecule has 28 heavy (non-hydrogen) atoms. The van der Waals surface area contributed by atoms with Gasteiger partial charge < -0.3 is 4.52 Å². The molecule has 0 aliphatic carbocycles. The summed E-state index contributed by atoms with van der Waals surface area (Å²) >= 11 is 1.63. The van der Waals surface area contributed by atoms with Crippen molar-refractivity contribution in [3.05, 3.63) is 59.5 Å². The molecule has 0 N–H and O–H groups in total. The maximum absolute atomic E-state index is 9.37. The molecule has 0 aliphatic rings. The molecule has 0 bridgehead atoms. The van der Waals surface area contributed by atoms with Crippen LogP contribution < -0.4 is 0 Å². The average Bonchev–Trinajstić information content (AvgIpc) is 3.37. The fourth-order valence-electron chi connectivity index (χ4n) is 2.75. The molecule has 0 saturated heterocycles. The third kappa shape index (κ3) is 3.30. The van der Waals surface area contributed by atoms with Gasteiger partial charge >= 0.3 is 0 Å². The van der Waals surface area contributed by atoms with Gasteiger partial charge in [-0.25, -0.2) is 4.98 Å². The summed E-state index contributed by atoms with van der Waals surface area (Å²) in [5.41, 5.74) is 4.08. The van der Waals surface area contributed by atoms with Gasteiger partial charge in [0, 0.05) is 17.8 Å². The second-order valence-corrected chi connectivity index (χ2v) is 7.88. The highest BCUT2D eigenvalue weighted by atomic mass is 32.1. The molecule has 138 valence electrons. The van der Waals surface area contributed by atoms with Gasteiger partial charge in [0.1, 0.15) is 11.4 Å².